The van der Waals surface area contributed by atoms with E-state index in [1.54, 1.807) is 24.3 Å². The Morgan fingerprint density at radius 2 is 1.83 bits per heavy atom. The molecular weight excluding hydrogens is 322 g/mol. The summed E-state index contributed by atoms with van der Waals surface area (Å²) >= 11 is 1.46. The van der Waals surface area contributed by atoms with Crippen molar-refractivity contribution in [1.29, 1.82) is 0 Å². The number of carbonyl (C=O) groups is 2. The first-order valence-electron chi connectivity index (χ1n) is 7.72. The highest BCUT2D eigenvalue weighted by atomic mass is 32.2. The van der Waals surface area contributed by atoms with Gasteiger partial charge in [-0.3, -0.25) is 9.59 Å². The quantitative estimate of drug-likeness (QED) is 0.757. The number of aliphatic carboxylic acids is 1. The van der Waals surface area contributed by atoms with E-state index in [0.717, 1.165) is 10.5 Å². The van der Waals surface area contributed by atoms with Crippen molar-refractivity contribution < 1.29 is 14.7 Å². The smallest absolute Gasteiger partial charge is 0.312 e. The highest BCUT2D eigenvalue weighted by Gasteiger charge is 2.20. The van der Waals surface area contributed by atoms with Crippen LogP contribution in [0.25, 0.3) is 0 Å². The second kappa shape index (κ2) is 8.55. The highest BCUT2D eigenvalue weighted by Crippen LogP contribution is 2.23. The largest absolute Gasteiger partial charge is 0.481 e. The molecule has 1 atom stereocenters. The van der Waals surface area contributed by atoms with Crippen molar-refractivity contribution in [3.8, 4) is 0 Å². The maximum absolute atomic E-state index is 12.0. The Bertz CT molecular complexity index is 716. The Kier molecular flexibility index (Phi) is 6.44. The van der Waals surface area contributed by atoms with Crippen LogP contribution in [-0.2, 0) is 9.59 Å². The van der Waals surface area contributed by atoms with E-state index in [9.17, 15) is 14.7 Å². The van der Waals surface area contributed by atoms with Gasteiger partial charge in [0.25, 0.3) is 0 Å². The Hall–Kier alpha value is -2.27. The fourth-order valence-electron chi connectivity index (χ4n) is 2.40. The minimum Gasteiger partial charge on any atom is -0.481 e. The summed E-state index contributed by atoms with van der Waals surface area (Å²) in [5, 5.41) is 12.1. The van der Waals surface area contributed by atoms with Crippen molar-refractivity contribution in [2.24, 2.45) is 0 Å². The summed E-state index contributed by atoms with van der Waals surface area (Å²) in [4.78, 5) is 24.5. The molecule has 0 spiro atoms. The van der Waals surface area contributed by atoms with E-state index >= 15 is 0 Å². The third-order valence-electron chi connectivity index (χ3n) is 3.69. The average Bonchev–Trinajstić information content (AvgIpc) is 2.55. The standard InChI is InChI=1S/C19H21NO3S/c1-13-8-9-17(14(2)10-13)24-12-18(21)20-11-16(19(22)23)15-6-4-3-5-7-15/h3-10,16H,11-12H2,1-2H3,(H,20,21)(H,22,23). The van der Waals surface area contributed by atoms with Gasteiger partial charge in [-0.15, -0.1) is 11.8 Å². The van der Waals surface area contributed by atoms with E-state index in [1.807, 2.05) is 32.0 Å². The van der Waals surface area contributed by atoms with Crippen LogP contribution in [0.4, 0.5) is 0 Å². The number of carboxylic acids is 1. The fraction of sp³-hybridized carbons (Fsp3) is 0.263. The molecule has 0 aliphatic carbocycles. The van der Waals surface area contributed by atoms with Crippen molar-refractivity contribution in [2.75, 3.05) is 12.3 Å². The Labute approximate surface area is 146 Å². The van der Waals surface area contributed by atoms with Crippen molar-refractivity contribution in [2.45, 2.75) is 24.7 Å². The lowest BCUT2D eigenvalue weighted by Crippen LogP contribution is -2.32. The summed E-state index contributed by atoms with van der Waals surface area (Å²) in [7, 11) is 0. The van der Waals surface area contributed by atoms with Crippen LogP contribution < -0.4 is 5.32 Å². The molecule has 0 heterocycles. The number of aryl methyl sites for hydroxylation is 2. The predicted octanol–water partition coefficient (Wildman–Crippen LogP) is 3.38. The van der Waals surface area contributed by atoms with Crippen LogP contribution in [0.1, 0.15) is 22.6 Å². The van der Waals surface area contributed by atoms with Crippen LogP contribution in [0.3, 0.4) is 0 Å². The molecule has 0 saturated heterocycles. The molecule has 0 saturated carbocycles. The van der Waals surface area contributed by atoms with Crippen LogP contribution in [-0.4, -0.2) is 29.3 Å². The fourth-order valence-corrected chi connectivity index (χ4v) is 3.24. The third kappa shape index (κ3) is 5.13. The van der Waals surface area contributed by atoms with E-state index < -0.39 is 11.9 Å². The second-order valence-corrected chi connectivity index (χ2v) is 6.68. The first kappa shape index (κ1) is 18.1. The maximum Gasteiger partial charge on any atom is 0.312 e. The first-order valence-corrected chi connectivity index (χ1v) is 8.70. The van der Waals surface area contributed by atoms with Gasteiger partial charge in [0.1, 0.15) is 0 Å². The van der Waals surface area contributed by atoms with Crippen LogP contribution >= 0.6 is 11.8 Å². The van der Waals surface area contributed by atoms with Gasteiger partial charge in [0.05, 0.1) is 11.7 Å². The second-order valence-electron chi connectivity index (χ2n) is 5.66. The van der Waals surface area contributed by atoms with E-state index in [0.29, 0.717) is 5.56 Å². The van der Waals surface area contributed by atoms with Gasteiger partial charge in [0, 0.05) is 11.4 Å². The van der Waals surface area contributed by atoms with Crippen LogP contribution in [0.2, 0.25) is 0 Å². The predicted molar refractivity (Wildman–Crippen MR) is 96.5 cm³/mol. The van der Waals surface area contributed by atoms with E-state index in [4.69, 9.17) is 0 Å². The number of nitrogens with one attached hydrogen (secondary N) is 1. The number of hydrogen-bond acceptors (Lipinski definition) is 3. The molecule has 5 heteroatoms. The molecule has 0 fully saturated rings. The number of rotatable bonds is 7. The van der Waals surface area contributed by atoms with Gasteiger partial charge >= 0.3 is 5.97 Å². The minimum absolute atomic E-state index is 0.0889. The maximum atomic E-state index is 12.0. The number of carbonyl (C=O) groups excluding carboxylic acids is 1. The van der Waals surface area contributed by atoms with Crippen molar-refractivity contribution in [1.82, 2.24) is 5.32 Å². The number of thioether (sulfide) groups is 1. The summed E-state index contributed by atoms with van der Waals surface area (Å²) in [6.07, 6.45) is 0. The van der Waals surface area contributed by atoms with Gasteiger partial charge < -0.3 is 10.4 Å². The zero-order valence-electron chi connectivity index (χ0n) is 13.8. The lowest BCUT2D eigenvalue weighted by Gasteiger charge is -2.14. The lowest BCUT2D eigenvalue weighted by atomic mass is 9.99. The Morgan fingerprint density at radius 1 is 1.12 bits per heavy atom. The molecule has 2 rings (SSSR count). The summed E-state index contributed by atoms with van der Waals surface area (Å²) in [5.41, 5.74) is 3.02. The van der Waals surface area contributed by atoms with E-state index in [-0.39, 0.29) is 18.2 Å². The summed E-state index contributed by atoms with van der Waals surface area (Å²) in [6, 6.07) is 15.0. The zero-order chi connectivity index (χ0) is 17.5. The molecule has 0 radical (unpaired) electrons. The highest BCUT2D eigenvalue weighted by molar-refractivity contribution is 8.00. The third-order valence-corrected chi connectivity index (χ3v) is 4.87. The molecule has 1 amide bonds. The molecule has 126 valence electrons. The van der Waals surface area contributed by atoms with Crippen LogP contribution in [0, 0.1) is 13.8 Å². The Morgan fingerprint density at radius 3 is 2.46 bits per heavy atom. The van der Waals surface area contributed by atoms with Crippen molar-refractivity contribution in [3.05, 3.63) is 65.2 Å². The lowest BCUT2D eigenvalue weighted by molar-refractivity contribution is -0.138. The Balaban J connectivity index is 1.88. The topological polar surface area (TPSA) is 66.4 Å². The molecule has 0 aliphatic rings. The molecule has 24 heavy (non-hydrogen) atoms. The average molecular weight is 343 g/mol. The zero-order valence-corrected chi connectivity index (χ0v) is 14.6. The molecule has 2 N–H and O–H groups in total. The molecule has 4 nitrogen and oxygen atoms in total. The number of amides is 1. The molecule has 2 aromatic rings. The van der Waals surface area contributed by atoms with Gasteiger partial charge in [-0.1, -0.05) is 48.0 Å². The summed E-state index contributed by atoms with van der Waals surface area (Å²) in [6.45, 7) is 4.14. The summed E-state index contributed by atoms with van der Waals surface area (Å²) < 4.78 is 0. The molecule has 0 aliphatic heterocycles. The van der Waals surface area contributed by atoms with E-state index in [2.05, 4.69) is 11.4 Å². The number of carboxylic acid groups (broad SMARTS) is 1. The van der Waals surface area contributed by atoms with Crippen molar-refractivity contribution >= 4 is 23.6 Å². The normalized spacial score (nSPS) is 11.8. The molecule has 2 aromatic carbocycles. The molecule has 1 unspecified atom stereocenters. The van der Waals surface area contributed by atoms with Crippen LogP contribution in [0.15, 0.2) is 53.4 Å². The van der Waals surface area contributed by atoms with Gasteiger partial charge in [-0.25, -0.2) is 0 Å². The van der Waals surface area contributed by atoms with E-state index in [1.165, 1.54) is 17.3 Å². The van der Waals surface area contributed by atoms with Gasteiger partial charge in [0.15, 0.2) is 0 Å². The van der Waals surface area contributed by atoms with Gasteiger partial charge in [-0.05, 0) is 31.0 Å². The molecular formula is C19H21NO3S. The number of hydrogen-bond donors (Lipinski definition) is 2. The number of benzene rings is 2. The monoisotopic (exact) mass is 343 g/mol. The van der Waals surface area contributed by atoms with Gasteiger partial charge in [-0.2, -0.15) is 0 Å². The van der Waals surface area contributed by atoms with Gasteiger partial charge in [0.2, 0.25) is 5.91 Å². The molecule has 0 aromatic heterocycles. The minimum atomic E-state index is -0.941. The van der Waals surface area contributed by atoms with Crippen molar-refractivity contribution in [3.63, 3.8) is 0 Å². The summed E-state index contributed by atoms with van der Waals surface area (Å²) in [5.74, 6) is -1.57. The molecule has 0 bridgehead atoms. The van der Waals surface area contributed by atoms with Crippen LogP contribution in [0.5, 0.6) is 0 Å². The SMILES string of the molecule is Cc1ccc(SCC(=O)NCC(C(=O)O)c2ccccc2)c(C)c1. The first-order chi connectivity index (χ1) is 11.5.